The number of rotatable bonds is 7. The second-order valence-corrected chi connectivity index (χ2v) is 7.24. The van der Waals surface area contributed by atoms with E-state index in [1.807, 2.05) is 0 Å². The van der Waals surface area contributed by atoms with Gasteiger partial charge in [-0.05, 0) is 43.0 Å². The van der Waals surface area contributed by atoms with Crippen molar-refractivity contribution < 1.29 is 14.2 Å². The lowest BCUT2D eigenvalue weighted by Crippen LogP contribution is -2.44. The van der Waals surface area contributed by atoms with E-state index in [0.29, 0.717) is 6.61 Å². The van der Waals surface area contributed by atoms with Gasteiger partial charge in [0.25, 0.3) is 0 Å². The molecule has 5 heteroatoms. The largest absolute Gasteiger partial charge is 0.496 e. The van der Waals surface area contributed by atoms with Crippen LogP contribution in [0.2, 0.25) is 0 Å². The molecular weight excluding hydrogens is 316 g/mol. The van der Waals surface area contributed by atoms with Crippen LogP contribution in [0.15, 0.2) is 18.2 Å². The Morgan fingerprint density at radius 2 is 1.96 bits per heavy atom. The van der Waals surface area contributed by atoms with Crippen molar-refractivity contribution in [1.29, 1.82) is 0 Å². The summed E-state index contributed by atoms with van der Waals surface area (Å²) in [6, 6.07) is 6.48. The predicted molar refractivity (Wildman–Crippen MR) is 99.0 cm³/mol. The van der Waals surface area contributed by atoms with Crippen LogP contribution in [-0.4, -0.2) is 70.0 Å². The molecule has 2 saturated heterocycles. The van der Waals surface area contributed by atoms with Crippen LogP contribution in [0.5, 0.6) is 5.75 Å². The molecule has 0 aromatic heterocycles. The van der Waals surface area contributed by atoms with Crippen molar-refractivity contribution in [1.82, 2.24) is 9.80 Å². The summed E-state index contributed by atoms with van der Waals surface area (Å²) in [6.45, 7) is 9.20. The van der Waals surface area contributed by atoms with Crippen molar-refractivity contribution in [3.63, 3.8) is 0 Å². The molecule has 0 saturated carbocycles. The van der Waals surface area contributed by atoms with Crippen LogP contribution in [0.25, 0.3) is 0 Å². The van der Waals surface area contributed by atoms with Crippen molar-refractivity contribution in [2.24, 2.45) is 5.92 Å². The first-order chi connectivity index (χ1) is 12.3. The Hall–Kier alpha value is -1.14. The van der Waals surface area contributed by atoms with Gasteiger partial charge in [-0.15, -0.1) is 0 Å². The topological polar surface area (TPSA) is 34.2 Å². The van der Waals surface area contributed by atoms with Crippen molar-refractivity contribution in [2.75, 3.05) is 60.2 Å². The van der Waals surface area contributed by atoms with E-state index < -0.39 is 0 Å². The number of likely N-dealkylation sites (tertiary alicyclic amines) is 1. The number of morpholine rings is 1. The number of piperidine rings is 1. The van der Waals surface area contributed by atoms with Crippen molar-refractivity contribution in [2.45, 2.75) is 26.0 Å². The quantitative estimate of drug-likeness (QED) is 0.756. The van der Waals surface area contributed by atoms with Crippen LogP contribution in [0, 0.1) is 5.92 Å². The number of benzene rings is 1. The van der Waals surface area contributed by atoms with E-state index >= 15 is 0 Å². The average molecular weight is 348 g/mol. The van der Waals surface area contributed by atoms with E-state index in [2.05, 4.69) is 28.0 Å². The maximum atomic E-state index is 5.47. The third-order valence-corrected chi connectivity index (χ3v) is 5.27. The van der Waals surface area contributed by atoms with Crippen molar-refractivity contribution in [3.8, 4) is 5.75 Å². The highest BCUT2D eigenvalue weighted by Gasteiger charge is 2.23. The molecule has 1 aromatic carbocycles. The summed E-state index contributed by atoms with van der Waals surface area (Å²) >= 11 is 0. The van der Waals surface area contributed by atoms with Gasteiger partial charge in [-0.1, -0.05) is 6.07 Å². The third kappa shape index (κ3) is 5.42. The van der Waals surface area contributed by atoms with Crippen LogP contribution in [0.4, 0.5) is 0 Å². The Bertz CT molecular complexity index is 532. The van der Waals surface area contributed by atoms with Crippen LogP contribution in [0.3, 0.4) is 0 Å². The van der Waals surface area contributed by atoms with Gasteiger partial charge in [0.05, 0.1) is 26.9 Å². The highest BCUT2D eigenvalue weighted by atomic mass is 16.5. The molecule has 3 rings (SSSR count). The second kappa shape index (κ2) is 9.53. The average Bonchev–Trinajstić information content (AvgIpc) is 2.63. The maximum Gasteiger partial charge on any atom is 0.124 e. The lowest BCUT2D eigenvalue weighted by Gasteiger charge is -2.36. The second-order valence-electron chi connectivity index (χ2n) is 7.24. The summed E-state index contributed by atoms with van der Waals surface area (Å²) in [7, 11) is 3.45. The standard InChI is InChI=1S/C20H32N2O3/c1-23-16-19-12-17(5-6-20(19)24-2)13-22-7-3-4-18(15-22)14-21-8-10-25-11-9-21/h5-6,12,18H,3-4,7-11,13-16H2,1-2H3. The minimum Gasteiger partial charge on any atom is -0.496 e. The molecule has 0 aliphatic carbocycles. The van der Waals surface area contributed by atoms with E-state index in [1.165, 1.54) is 38.0 Å². The molecule has 2 fully saturated rings. The van der Waals surface area contributed by atoms with E-state index in [9.17, 15) is 0 Å². The Balaban J connectivity index is 1.55. The molecule has 5 nitrogen and oxygen atoms in total. The molecular formula is C20H32N2O3. The predicted octanol–water partition coefficient (Wildman–Crippen LogP) is 2.39. The van der Waals surface area contributed by atoms with Crippen LogP contribution >= 0.6 is 0 Å². The van der Waals surface area contributed by atoms with Gasteiger partial charge >= 0.3 is 0 Å². The molecule has 0 bridgehead atoms. The fourth-order valence-corrected chi connectivity index (χ4v) is 4.05. The van der Waals surface area contributed by atoms with Gasteiger partial charge in [0.15, 0.2) is 0 Å². The normalized spacial score (nSPS) is 22.9. The summed E-state index contributed by atoms with van der Waals surface area (Å²) in [4.78, 5) is 5.18. The first-order valence-corrected chi connectivity index (χ1v) is 9.45. The summed E-state index contributed by atoms with van der Waals surface area (Å²) < 4.78 is 16.2. The highest BCUT2D eigenvalue weighted by Crippen LogP contribution is 2.24. The monoisotopic (exact) mass is 348 g/mol. The fourth-order valence-electron chi connectivity index (χ4n) is 4.05. The number of hydrogen-bond acceptors (Lipinski definition) is 5. The van der Waals surface area contributed by atoms with E-state index in [-0.39, 0.29) is 0 Å². The Labute approximate surface area is 151 Å². The molecule has 0 radical (unpaired) electrons. The fraction of sp³-hybridized carbons (Fsp3) is 0.700. The molecule has 140 valence electrons. The van der Waals surface area contributed by atoms with Crippen LogP contribution < -0.4 is 4.74 Å². The minimum absolute atomic E-state index is 0.594. The number of hydrogen-bond donors (Lipinski definition) is 0. The third-order valence-electron chi connectivity index (χ3n) is 5.27. The lowest BCUT2D eigenvalue weighted by molar-refractivity contribution is 0.0224. The lowest BCUT2D eigenvalue weighted by atomic mass is 9.96. The zero-order chi connectivity index (χ0) is 17.5. The molecule has 0 spiro atoms. The minimum atomic E-state index is 0.594. The Morgan fingerprint density at radius 1 is 1.12 bits per heavy atom. The smallest absolute Gasteiger partial charge is 0.124 e. The Morgan fingerprint density at radius 3 is 2.72 bits per heavy atom. The molecule has 2 aliphatic rings. The van der Waals surface area contributed by atoms with Gasteiger partial charge in [0.2, 0.25) is 0 Å². The first kappa shape index (κ1) is 18.6. The molecule has 25 heavy (non-hydrogen) atoms. The van der Waals surface area contributed by atoms with Gasteiger partial charge in [-0.25, -0.2) is 0 Å². The Kier molecular flexibility index (Phi) is 7.11. The molecule has 1 atom stereocenters. The van der Waals surface area contributed by atoms with Crippen LogP contribution in [0.1, 0.15) is 24.0 Å². The molecule has 2 heterocycles. The summed E-state index contributed by atoms with van der Waals surface area (Å²) in [5.41, 5.74) is 2.48. The van der Waals surface area contributed by atoms with E-state index in [0.717, 1.165) is 50.1 Å². The van der Waals surface area contributed by atoms with Gasteiger partial charge < -0.3 is 14.2 Å². The van der Waals surface area contributed by atoms with Gasteiger partial charge in [0, 0.05) is 45.4 Å². The number of nitrogens with zero attached hydrogens (tertiary/aromatic N) is 2. The summed E-state index contributed by atoms with van der Waals surface area (Å²) in [6.07, 6.45) is 2.65. The molecule has 0 amide bonds. The SMILES string of the molecule is COCc1cc(CN2CCCC(CN3CCOCC3)C2)ccc1OC. The zero-order valence-corrected chi connectivity index (χ0v) is 15.7. The first-order valence-electron chi connectivity index (χ1n) is 9.45. The van der Waals surface area contributed by atoms with Crippen LogP contribution in [-0.2, 0) is 22.6 Å². The van der Waals surface area contributed by atoms with E-state index in [1.54, 1.807) is 14.2 Å². The number of methoxy groups -OCH3 is 2. The highest BCUT2D eigenvalue weighted by molar-refractivity contribution is 5.37. The molecule has 0 N–H and O–H groups in total. The molecule has 1 aromatic rings. The van der Waals surface area contributed by atoms with Crippen molar-refractivity contribution in [3.05, 3.63) is 29.3 Å². The van der Waals surface area contributed by atoms with Gasteiger partial charge in [-0.2, -0.15) is 0 Å². The van der Waals surface area contributed by atoms with E-state index in [4.69, 9.17) is 14.2 Å². The van der Waals surface area contributed by atoms with Gasteiger partial charge in [0.1, 0.15) is 5.75 Å². The summed E-state index contributed by atoms with van der Waals surface area (Å²) in [5.74, 6) is 1.69. The summed E-state index contributed by atoms with van der Waals surface area (Å²) in [5, 5.41) is 0. The molecule has 1 unspecified atom stereocenters. The number of ether oxygens (including phenoxy) is 3. The van der Waals surface area contributed by atoms with Crippen molar-refractivity contribution >= 4 is 0 Å². The molecule has 2 aliphatic heterocycles. The maximum absolute atomic E-state index is 5.47. The van der Waals surface area contributed by atoms with Gasteiger partial charge in [-0.3, -0.25) is 9.80 Å². The zero-order valence-electron chi connectivity index (χ0n) is 15.7.